The predicted molar refractivity (Wildman–Crippen MR) is 108 cm³/mol. The maximum Gasteiger partial charge on any atom is 0.414 e. The molecule has 5 rings (SSSR count). The van der Waals surface area contributed by atoms with E-state index in [-0.39, 0.29) is 31.8 Å². The van der Waals surface area contributed by atoms with Crippen molar-refractivity contribution in [3.05, 3.63) is 48.5 Å². The zero-order valence-electron chi connectivity index (χ0n) is 16.5. The van der Waals surface area contributed by atoms with Crippen LogP contribution in [-0.2, 0) is 4.74 Å². The number of hydrogen-bond donors (Lipinski definition) is 0. The maximum absolute atomic E-state index is 13.4. The Morgan fingerprint density at radius 1 is 1.06 bits per heavy atom. The van der Waals surface area contributed by atoms with Gasteiger partial charge in [-0.05, 0) is 18.2 Å². The highest BCUT2D eigenvalue weighted by Gasteiger charge is 2.36. The highest BCUT2D eigenvalue weighted by atomic mass is 19.3. The smallest absolute Gasteiger partial charge is 0.414 e. The van der Waals surface area contributed by atoms with Gasteiger partial charge in [0.2, 0.25) is 0 Å². The Kier molecular flexibility index (Phi) is 4.57. The summed E-state index contributed by atoms with van der Waals surface area (Å²) in [6.45, 7) is 0.857. The van der Waals surface area contributed by atoms with Gasteiger partial charge >= 0.3 is 6.09 Å². The van der Waals surface area contributed by atoms with E-state index in [0.717, 1.165) is 5.39 Å². The summed E-state index contributed by atoms with van der Waals surface area (Å²) in [6, 6.07) is 5.34. The number of carbonyl (C=O) groups excluding carboxylic acids is 2. The number of alkyl halides is 2. The quantitative estimate of drug-likeness (QED) is 0.641. The lowest BCUT2D eigenvalue weighted by atomic mass is 10.1. The molecule has 5 heterocycles. The predicted octanol–water partition coefficient (Wildman–Crippen LogP) is 3.25. The van der Waals surface area contributed by atoms with E-state index < -0.39 is 12.0 Å². The number of nitrogens with zero attached hydrogens (tertiary/aromatic N) is 5. The topological polar surface area (TPSA) is 80.6 Å². The second kappa shape index (κ2) is 7.29. The first-order valence-electron chi connectivity index (χ1n) is 9.95. The molecule has 2 aliphatic heterocycles. The number of carbonyl (C=O) groups is 2. The van der Waals surface area contributed by atoms with Crippen molar-refractivity contribution in [3.8, 4) is 5.69 Å². The number of amides is 2. The molecule has 0 unspecified atom stereocenters. The van der Waals surface area contributed by atoms with Crippen LogP contribution >= 0.6 is 0 Å². The average molecular weight is 427 g/mol. The summed E-state index contributed by atoms with van der Waals surface area (Å²) < 4.78 is 33.5. The number of fused-ring (bicyclic) bond motifs is 1. The van der Waals surface area contributed by atoms with E-state index in [1.807, 2.05) is 16.7 Å². The van der Waals surface area contributed by atoms with Crippen LogP contribution in [0.3, 0.4) is 0 Å². The Bertz CT molecular complexity index is 1170. The first-order valence-corrected chi connectivity index (χ1v) is 9.95. The molecule has 2 saturated heterocycles. The third-order valence-electron chi connectivity index (χ3n) is 5.62. The van der Waals surface area contributed by atoms with Crippen molar-refractivity contribution in [2.45, 2.75) is 18.8 Å². The number of likely N-dealkylation sites (tertiary alicyclic amines) is 1. The lowest BCUT2D eigenvalue weighted by molar-refractivity contribution is -0.0494. The van der Waals surface area contributed by atoms with Gasteiger partial charge in [-0.2, -0.15) is 0 Å². The fourth-order valence-corrected chi connectivity index (χ4v) is 3.89. The van der Waals surface area contributed by atoms with Crippen molar-refractivity contribution in [3.63, 3.8) is 0 Å². The van der Waals surface area contributed by atoms with Gasteiger partial charge in [0.25, 0.3) is 11.8 Å². The van der Waals surface area contributed by atoms with Crippen LogP contribution in [0.5, 0.6) is 0 Å². The second-order valence-electron chi connectivity index (χ2n) is 7.64. The number of rotatable bonds is 3. The third-order valence-corrected chi connectivity index (χ3v) is 5.62. The number of aromatic nitrogens is 3. The van der Waals surface area contributed by atoms with Gasteiger partial charge < -0.3 is 9.64 Å². The molecule has 31 heavy (non-hydrogen) atoms. The summed E-state index contributed by atoms with van der Waals surface area (Å²) in [5, 5.41) is 0.735. The van der Waals surface area contributed by atoms with Crippen LogP contribution in [0.2, 0.25) is 0 Å². The Balaban J connectivity index is 1.41. The molecule has 10 heteroatoms. The van der Waals surface area contributed by atoms with Crippen LogP contribution < -0.4 is 4.90 Å². The van der Waals surface area contributed by atoms with Gasteiger partial charge in [0.1, 0.15) is 12.3 Å². The minimum absolute atomic E-state index is 0.0300. The Labute approximate surface area is 176 Å². The van der Waals surface area contributed by atoms with Crippen molar-refractivity contribution in [1.82, 2.24) is 19.4 Å². The molecule has 3 aromatic rings. The summed E-state index contributed by atoms with van der Waals surface area (Å²) >= 11 is 0. The number of pyridine rings is 2. The summed E-state index contributed by atoms with van der Waals surface area (Å²) in [4.78, 5) is 36.2. The van der Waals surface area contributed by atoms with Gasteiger partial charge in [-0.25, -0.2) is 18.6 Å². The van der Waals surface area contributed by atoms with Crippen LogP contribution in [0.4, 0.5) is 19.3 Å². The van der Waals surface area contributed by atoms with Crippen molar-refractivity contribution < 1.29 is 23.1 Å². The number of halogens is 2. The van der Waals surface area contributed by atoms with Gasteiger partial charge in [-0.15, -0.1) is 0 Å². The van der Waals surface area contributed by atoms with E-state index in [0.29, 0.717) is 35.7 Å². The van der Waals surface area contributed by atoms with E-state index >= 15 is 0 Å². The molecule has 0 aliphatic carbocycles. The van der Waals surface area contributed by atoms with Gasteiger partial charge in [0.15, 0.2) is 0 Å². The molecule has 2 aliphatic rings. The molecule has 0 spiro atoms. The van der Waals surface area contributed by atoms with Gasteiger partial charge in [-0.1, -0.05) is 0 Å². The molecule has 2 fully saturated rings. The molecular formula is C21H19F2N5O3. The Hall–Kier alpha value is -3.56. The minimum atomic E-state index is -2.70. The van der Waals surface area contributed by atoms with Gasteiger partial charge in [0.05, 0.1) is 35.9 Å². The lowest BCUT2D eigenvalue weighted by Crippen LogP contribution is -2.42. The fraction of sp³-hybridized carbons (Fsp3) is 0.333. The zero-order valence-corrected chi connectivity index (χ0v) is 16.5. The molecule has 0 N–H and O–H groups in total. The number of hydrogen-bond acceptors (Lipinski definition) is 5. The molecule has 160 valence electrons. The molecule has 0 atom stereocenters. The molecular weight excluding hydrogens is 408 g/mol. The van der Waals surface area contributed by atoms with Crippen molar-refractivity contribution in [2.24, 2.45) is 0 Å². The average Bonchev–Trinajstić information content (AvgIpc) is 3.39. The SMILES string of the molecule is O=C(c1cnc2c(ccn2-c2cncc(N3CCOC3=O)c2)c1)N1CCC(F)(F)CC1. The standard InChI is InChI=1S/C21H19F2N5O3/c22-21(23)2-5-26(6-3-21)19(29)15-9-14-1-4-27(18(14)25-11-15)16-10-17(13-24-12-16)28-7-8-31-20(28)30/h1,4,9-13H,2-3,5-8H2. The molecule has 3 aromatic heterocycles. The number of piperidine rings is 1. The minimum Gasteiger partial charge on any atom is -0.447 e. The molecule has 2 amide bonds. The lowest BCUT2D eigenvalue weighted by Gasteiger charge is -2.31. The normalized spacial score (nSPS) is 18.5. The largest absolute Gasteiger partial charge is 0.447 e. The molecule has 0 bridgehead atoms. The number of ether oxygens (including phenoxy) is 1. The number of anilines is 1. The highest BCUT2D eigenvalue weighted by molar-refractivity contribution is 5.97. The van der Waals surface area contributed by atoms with E-state index in [2.05, 4.69) is 9.97 Å². The molecule has 0 radical (unpaired) electrons. The summed E-state index contributed by atoms with van der Waals surface area (Å²) in [7, 11) is 0. The number of cyclic esters (lactones) is 1. The zero-order chi connectivity index (χ0) is 21.6. The van der Waals surface area contributed by atoms with Crippen LogP contribution in [0, 0.1) is 0 Å². The van der Waals surface area contributed by atoms with Crippen LogP contribution in [0.15, 0.2) is 43.0 Å². The van der Waals surface area contributed by atoms with Gasteiger partial charge in [0, 0.05) is 43.7 Å². The van der Waals surface area contributed by atoms with E-state index in [4.69, 9.17) is 4.74 Å². The van der Waals surface area contributed by atoms with E-state index in [9.17, 15) is 18.4 Å². The third kappa shape index (κ3) is 3.58. The first-order chi connectivity index (χ1) is 14.9. The molecule has 8 nitrogen and oxygen atoms in total. The fourth-order valence-electron chi connectivity index (χ4n) is 3.89. The van der Waals surface area contributed by atoms with Crippen LogP contribution in [0.1, 0.15) is 23.2 Å². The van der Waals surface area contributed by atoms with Crippen LogP contribution in [-0.4, -0.2) is 63.6 Å². The second-order valence-corrected chi connectivity index (χ2v) is 7.64. The first kappa shape index (κ1) is 19.4. The van der Waals surface area contributed by atoms with Crippen LogP contribution in [0.25, 0.3) is 16.7 Å². The van der Waals surface area contributed by atoms with Crippen molar-refractivity contribution in [2.75, 3.05) is 31.1 Å². The van der Waals surface area contributed by atoms with Gasteiger partial charge in [-0.3, -0.25) is 19.2 Å². The molecule has 0 aromatic carbocycles. The Morgan fingerprint density at radius 3 is 2.58 bits per heavy atom. The van der Waals surface area contributed by atoms with E-state index in [1.165, 1.54) is 16.0 Å². The summed E-state index contributed by atoms with van der Waals surface area (Å²) in [6.07, 6.45) is 5.46. The Morgan fingerprint density at radius 2 is 1.84 bits per heavy atom. The monoisotopic (exact) mass is 427 g/mol. The van der Waals surface area contributed by atoms with Crippen molar-refractivity contribution in [1.29, 1.82) is 0 Å². The summed E-state index contributed by atoms with van der Waals surface area (Å²) in [5.74, 6) is -3.00. The van der Waals surface area contributed by atoms with E-state index in [1.54, 1.807) is 24.7 Å². The van der Waals surface area contributed by atoms with Crippen molar-refractivity contribution >= 4 is 28.7 Å². The summed E-state index contributed by atoms with van der Waals surface area (Å²) in [5.41, 5.74) is 2.31. The molecule has 0 saturated carbocycles. The highest BCUT2D eigenvalue weighted by Crippen LogP contribution is 2.29. The maximum atomic E-state index is 13.4.